The first-order chi connectivity index (χ1) is 16.7. The first-order valence-electron chi connectivity index (χ1n) is 12.0. The van der Waals surface area contributed by atoms with Gasteiger partial charge in [-0.25, -0.2) is 4.98 Å². The molecule has 2 nitrogen and oxygen atoms in total. The van der Waals surface area contributed by atoms with Crippen LogP contribution in [0.4, 0.5) is 5.82 Å². The maximum atomic E-state index is 5.18. The van der Waals surface area contributed by atoms with Crippen molar-refractivity contribution in [2.24, 2.45) is 0 Å². The molecule has 34 heavy (non-hydrogen) atoms. The summed E-state index contributed by atoms with van der Waals surface area (Å²) < 4.78 is 0. The monoisotopic (exact) mass is 444 g/mol. The van der Waals surface area contributed by atoms with Gasteiger partial charge in [-0.15, -0.1) is 0 Å². The Bertz CT molecular complexity index is 1200. The van der Waals surface area contributed by atoms with Crippen LogP contribution < -0.4 is 4.90 Å². The van der Waals surface area contributed by atoms with Gasteiger partial charge < -0.3 is 4.90 Å². The minimum absolute atomic E-state index is 0.816. The fourth-order valence-electron chi connectivity index (χ4n) is 4.26. The molecule has 1 heterocycles. The number of hydrogen-bond acceptors (Lipinski definition) is 2. The summed E-state index contributed by atoms with van der Waals surface area (Å²) >= 11 is 0. The van der Waals surface area contributed by atoms with E-state index in [2.05, 4.69) is 135 Å². The van der Waals surface area contributed by atoms with E-state index in [1.165, 1.54) is 28.0 Å². The number of aromatic nitrogens is 1. The Morgan fingerprint density at radius 3 is 1.94 bits per heavy atom. The molecule has 3 aromatic carbocycles. The highest BCUT2D eigenvalue weighted by atomic mass is 15.2. The van der Waals surface area contributed by atoms with E-state index in [1.807, 2.05) is 6.07 Å². The van der Waals surface area contributed by atoms with Crippen LogP contribution in [-0.4, -0.2) is 11.5 Å². The second-order valence-corrected chi connectivity index (χ2v) is 8.34. The summed E-state index contributed by atoms with van der Waals surface area (Å²) in [4.78, 5) is 7.54. The molecular formula is C32H32N2. The van der Waals surface area contributed by atoms with Gasteiger partial charge in [0.2, 0.25) is 0 Å². The van der Waals surface area contributed by atoms with E-state index >= 15 is 0 Å². The van der Waals surface area contributed by atoms with E-state index in [1.54, 1.807) is 0 Å². The zero-order valence-corrected chi connectivity index (χ0v) is 20.3. The molecule has 1 aromatic heterocycles. The minimum atomic E-state index is 0.816. The third-order valence-electron chi connectivity index (χ3n) is 5.96. The van der Waals surface area contributed by atoms with Gasteiger partial charge in [0.1, 0.15) is 5.82 Å². The van der Waals surface area contributed by atoms with Gasteiger partial charge in [-0.05, 0) is 61.6 Å². The minimum Gasteiger partial charge on any atom is -0.326 e. The molecule has 0 aliphatic carbocycles. The summed E-state index contributed by atoms with van der Waals surface area (Å²) in [6.07, 6.45) is 5.24. The lowest BCUT2D eigenvalue weighted by molar-refractivity contribution is 0.982. The third-order valence-corrected chi connectivity index (χ3v) is 5.96. The molecule has 4 aromatic rings. The zero-order valence-electron chi connectivity index (χ0n) is 20.3. The molecule has 0 aliphatic heterocycles. The molecule has 4 rings (SSSR count). The van der Waals surface area contributed by atoms with Crippen LogP contribution in [0.5, 0.6) is 0 Å². The van der Waals surface area contributed by atoms with E-state index < -0.39 is 0 Å². The van der Waals surface area contributed by atoms with Gasteiger partial charge in [-0.3, -0.25) is 0 Å². The molecule has 0 fully saturated rings. The highest BCUT2D eigenvalue weighted by Crippen LogP contribution is 2.34. The molecule has 0 spiro atoms. The van der Waals surface area contributed by atoms with Gasteiger partial charge in [0.15, 0.2) is 0 Å². The molecular weight excluding hydrogens is 412 g/mol. The van der Waals surface area contributed by atoms with Crippen molar-refractivity contribution >= 4 is 11.5 Å². The Balaban J connectivity index is 1.92. The molecule has 0 saturated heterocycles. The Kier molecular flexibility index (Phi) is 7.72. The number of anilines is 1. The molecule has 0 N–H and O–H groups in total. The van der Waals surface area contributed by atoms with E-state index in [0.29, 0.717) is 0 Å². The lowest BCUT2D eigenvalue weighted by atomic mass is 10.0. The molecule has 0 bridgehead atoms. The average molecular weight is 445 g/mol. The Morgan fingerprint density at radius 2 is 1.35 bits per heavy atom. The first-order valence-corrected chi connectivity index (χ1v) is 12.0. The van der Waals surface area contributed by atoms with Crippen molar-refractivity contribution in [2.75, 3.05) is 11.4 Å². The van der Waals surface area contributed by atoms with E-state index in [4.69, 9.17) is 4.98 Å². The summed E-state index contributed by atoms with van der Waals surface area (Å²) in [7, 11) is 0. The lowest BCUT2D eigenvalue weighted by Gasteiger charge is -2.28. The van der Waals surface area contributed by atoms with Gasteiger partial charge in [0, 0.05) is 17.8 Å². The summed E-state index contributed by atoms with van der Waals surface area (Å²) in [5.41, 5.74) is 8.20. The van der Waals surface area contributed by atoms with Crippen LogP contribution in [0.25, 0.3) is 28.1 Å². The standard InChI is InChI=1S/C32H32N2/c1-4-6-16-25(3)32(28-21-14-9-15-22-28)34(5-2)31-24-29(26-17-10-7-11-18-26)23-30(33-31)27-19-12-8-13-20-27/h4,6-15,17-24H,5,16H2,1-3H3/b6-4-,32-25-. The maximum Gasteiger partial charge on any atom is 0.134 e. The van der Waals surface area contributed by atoms with Crippen molar-refractivity contribution in [3.63, 3.8) is 0 Å². The molecule has 0 unspecified atom stereocenters. The molecule has 0 atom stereocenters. The van der Waals surface area contributed by atoms with Gasteiger partial charge in [-0.2, -0.15) is 0 Å². The highest BCUT2D eigenvalue weighted by Gasteiger charge is 2.18. The number of rotatable bonds is 8. The largest absolute Gasteiger partial charge is 0.326 e. The van der Waals surface area contributed by atoms with E-state index in [0.717, 1.165) is 30.0 Å². The van der Waals surface area contributed by atoms with Gasteiger partial charge in [-0.1, -0.05) is 103 Å². The van der Waals surface area contributed by atoms with Gasteiger partial charge in [0.25, 0.3) is 0 Å². The SMILES string of the molecule is C/C=C\C/C(C)=C(/c1ccccc1)N(CC)c1cc(-c2ccccc2)cc(-c2ccccc2)n1. The molecule has 0 radical (unpaired) electrons. The topological polar surface area (TPSA) is 16.1 Å². The Hall–Kier alpha value is -3.91. The smallest absolute Gasteiger partial charge is 0.134 e. The predicted octanol–water partition coefficient (Wildman–Crippen LogP) is 8.64. The summed E-state index contributed by atoms with van der Waals surface area (Å²) in [5, 5.41) is 0. The van der Waals surface area contributed by atoms with Gasteiger partial charge >= 0.3 is 0 Å². The number of nitrogens with zero attached hydrogens (tertiary/aromatic N) is 2. The quantitative estimate of drug-likeness (QED) is 0.253. The number of allylic oxidation sites excluding steroid dienone is 3. The van der Waals surface area contributed by atoms with Crippen LogP contribution in [0.15, 0.2) is 121 Å². The van der Waals surface area contributed by atoms with Crippen LogP contribution in [0, 0.1) is 0 Å². The summed E-state index contributed by atoms with van der Waals surface area (Å²) in [6.45, 7) is 7.32. The number of hydrogen-bond donors (Lipinski definition) is 0. The van der Waals surface area contributed by atoms with E-state index in [9.17, 15) is 0 Å². The third kappa shape index (κ3) is 5.35. The first kappa shape index (κ1) is 23.3. The van der Waals surface area contributed by atoms with Crippen molar-refractivity contribution in [1.29, 1.82) is 0 Å². The van der Waals surface area contributed by atoms with Crippen LogP contribution in [0.3, 0.4) is 0 Å². The predicted molar refractivity (Wildman–Crippen MR) is 147 cm³/mol. The van der Waals surface area contributed by atoms with Crippen molar-refractivity contribution in [2.45, 2.75) is 27.2 Å². The molecule has 0 aliphatic rings. The summed E-state index contributed by atoms with van der Waals surface area (Å²) in [5.74, 6) is 0.960. The molecule has 0 amide bonds. The maximum absolute atomic E-state index is 5.18. The second kappa shape index (κ2) is 11.3. The summed E-state index contributed by atoms with van der Waals surface area (Å²) in [6, 6.07) is 36.1. The molecule has 170 valence electrons. The highest BCUT2D eigenvalue weighted by molar-refractivity contribution is 5.83. The zero-order chi connectivity index (χ0) is 23.8. The second-order valence-electron chi connectivity index (χ2n) is 8.34. The van der Waals surface area contributed by atoms with Crippen molar-refractivity contribution in [3.8, 4) is 22.4 Å². The Labute approximate surface area is 203 Å². The van der Waals surface area contributed by atoms with E-state index in [-0.39, 0.29) is 0 Å². The van der Waals surface area contributed by atoms with Gasteiger partial charge in [0.05, 0.1) is 5.69 Å². The number of benzene rings is 3. The van der Waals surface area contributed by atoms with Crippen LogP contribution in [0.2, 0.25) is 0 Å². The van der Waals surface area contributed by atoms with Crippen molar-refractivity contribution in [1.82, 2.24) is 4.98 Å². The van der Waals surface area contributed by atoms with Crippen molar-refractivity contribution in [3.05, 3.63) is 126 Å². The van der Waals surface area contributed by atoms with Crippen LogP contribution in [-0.2, 0) is 0 Å². The normalized spacial score (nSPS) is 12.0. The fourth-order valence-corrected chi connectivity index (χ4v) is 4.26. The van der Waals surface area contributed by atoms with Crippen LogP contribution in [0.1, 0.15) is 32.8 Å². The average Bonchev–Trinajstić information content (AvgIpc) is 2.91. The molecule has 0 saturated carbocycles. The van der Waals surface area contributed by atoms with Crippen molar-refractivity contribution < 1.29 is 0 Å². The number of pyridine rings is 1. The van der Waals surface area contributed by atoms with Crippen LogP contribution >= 0.6 is 0 Å². The lowest BCUT2D eigenvalue weighted by Crippen LogP contribution is -2.23. The Morgan fingerprint density at radius 1 is 0.765 bits per heavy atom. The fraction of sp³-hybridized carbons (Fsp3) is 0.156. The molecule has 2 heteroatoms.